The van der Waals surface area contributed by atoms with Crippen molar-refractivity contribution in [3.63, 3.8) is 0 Å². The number of benzene rings is 3. The van der Waals surface area contributed by atoms with Gasteiger partial charge in [0.05, 0.1) is 24.7 Å². The molecule has 0 spiro atoms. The van der Waals surface area contributed by atoms with Crippen molar-refractivity contribution in [3.8, 4) is 0 Å². The molecule has 1 aliphatic rings. The maximum atomic E-state index is 13.4. The fraction of sp³-hybridized carbons (Fsp3) is 0.310. The summed E-state index contributed by atoms with van der Waals surface area (Å²) in [4.78, 5) is 25.7. The van der Waals surface area contributed by atoms with Gasteiger partial charge < -0.3 is 20.8 Å². The number of halogens is 1. The second-order valence-electron chi connectivity index (χ2n) is 9.34. The van der Waals surface area contributed by atoms with Crippen molar-refractivity contribution >= 4 is 23.4 Å². The third-order valence-electron chi connectivity index (χ3n) is 6.54. The van der Waals surface area contributed by atoms with Gasteiger partial charge in [0.15, 0.2) is 0 Å². The van der Waals surface area contributed by atoms with Gasteiger partial charge in [-0.15, -0.1) is 0 Å². The Kier molecular flexibility index (Phi) is 8.75. The number of carbonyl (C=O) groups is 2. The molecule has 4 atom stereocenters. The number of aliphatic hydroxyl groups is 2. The van der Waals surface area contributed by atoms with Gasteiger partial charge in [-0.1, -0.05) is 78.3 Å². The van der Waals surface area contributed by atoms with Crippen LogP contribution in [0.2, 0.25) is 5.02 Å². The molecule has 0 aliphatic heterocycles. The minimum atomic E-state index is -0.909. The van der Waals surface area contributed by atoms with Gasteiger partial charge in [-0.3, -0.25) is 9.59 Å². The van der Waals surface area contributed by atoms with E-state index in [9.17, 15) is 19.8 Å². The summed E-state index contributed by atoms with van der Waals surface area (Å²) < 4.78 is 0. The van der Waals surface area contributed by atoms with Gasteiger partial charge in [0.1, 0.15) is 0 Å². The van der Waals surface area contributed by atoms with E-state index < -0.39 is 24.2 Å². The number of fused-ring (bicyclic) bond motifs is 1. The van der Waals surface area contributed by atoms with Crippen LogP contribution < -0.4 is 10.6 Å². The lowest BCUT2D eigenvalue weighted by Gasteiger charge is -2.24. The Labute approximate surface area is 216 Å². The van der Waals surface area contributed by atoms with Crippen LogP contribution in [-0.4, -0.2) is 40.8 Å². The van der Waals surface area contributed by atoms with Crippen molar-refractivity contribution in [1.29, 1.82) is 0 Å². The first-order chi connectivity index (χ1) is 17.4. The minimum absolute atomic E-state index is 0.0346. The summed E-state index contributed by atoms with van der Waals surface area (Å²) in [5.74, 6) is -0.998. The Morgan fingerprint density at radius 3 is 2.47 bits per heavy atom. The van der Waals surface area contributed by atoms with E-state index in [2.05, 4.69) is 10.6 Å². The zero-order valence-electron chi connectivity index (χ0n) is 19.9. The Morgan fingerprint density at radius 2 is 1.69 bits per heavy atom. The van der Waals surface area contributed by atoms with Gasteiger partial charge in [0, 0.05) is 23.9 Å². The first-order valence-corrected chi connectivity index (χ1v) is 12.6. The molecule has 2 amide bonds. The summed E-state index contributed by atoms with van der Waals surface area (Å²) in [6.45, 7) is 0.0346. The Hall–Kier alpha value is -3.19. The predicted octanol–water partition coefficient (Wildman–Crippen LogP) is 3.38. The average molecular weight is 507 g/mol. The van der Waals surface area contributed by atoms with Crippen molar-refractivity contribution in [2.24, 2.45) is 5.92 Å². The highest BCUT2D eigenvalue weighted by atomic mass is 35.5. The monoisotopic (exact) mass is 506 g/mol. The largest absolute Gasteiger partial charge is 0.391 e. The fourth-order valence-corrected chi connectivity index (χ4v) is 4.95. The standard InChI is InChI=1S/C29H31ClN2O4/c30-23-11-6-9-20(14-23)15-27(35)31-18-24(33)16-22(13-19-7-2-1-3-8-19)29(36)32-28-25-12-5-4-10-21(25)17-26(28)34/h1-12,14,22,24,26,28,33-34H,13,15-18H2,(H,31,35)(H,32,36). The fourth-order valence-electron chi connectivity index (χ4n) is 4.74. The van der Waals surface area contributed by atoms with E-state index in [0.717, 1.165) is 22.3 Å². The van der Waals surface area contributed by atoms with Gasteiger partial charge in [0.2, 0.25) is 11.8 Å². The molecule has 3 aromatic rings. The van der Waals surface area contributed by atoms with E-state index in [1.165, 1.54) is 0 Å². The molecule has 4 rings (SSSR count). The molecule has 0 saturated heterocycles. The lowest BCUT2D eigenvalue weighted by Crippen LogP contribution is -2.41. The Bertz CT molecular complexity index is 1190. The molecule has 0 heterocycles. The first kappa shape index (κ1) is 25.9. The number of hydrogen-bond acceptors (Lipinski definition) is 4. The molecule has 0 aromatic heterocycles. The zero-order valence-corrected chi connectivity index (χ0v) is 20.7. The second-order valence-corrected chi connectivity index (χ2v) is 9.78. The molecule has 4 N–H and O–H groups in total. The van der Waals surface area contributed by atoms with Crippen molar-refractivity contribution in [3.05, 3.63) is 106 Å². The summed E-state index contributed by atoms with van der Waals surface area (Å²) in [5, 5.41) is 27.6. The maximum absolute atomic E-state index is 13.4. The van der Waals surface area contributed by atoms with Gasteiger partial charge in [-0.05, 0) is 47.2 Å². The molecule has 0 fully saturated rings. The van der Waals surface area contributed by atoms with E-state index >= 15 is 0 Å². The van der Waals surface area contributed by atoms with Crippen LogP contribution >= 0.6 is 11.6 Å². The van der Waals surface area contributed by atoms with E-state index in [0.29, 0.717) is 17.9 Å². The van der Waals surface area contributed by atoms with Crippen LogP contribution in [0.4, 0.5) is 0 Å². The van der Waals surface area contributed by atoms with Crippen LogP contribution in [-0.2, 0) is 28.9 Å². The van der Waals surface area contributed by atoms with E-state index in [1.54, 1.807) is 18.2 Å². The van der Waals surface area contributed by atoms with Gasteiger partial charge in [0.25, 0.3) is 0 Å². The van der Waals surface area contributed by atoms with Crippen LogP contribution in [0.1, 0.15) is 34.7 Å². The first-order valence-electron chi connectivity index (χ1n) is 12.2. The minimum Gasteiger partial charge on any atom is -0.391 e. The van der Waals surface area contributed by atoms with Crippen molar-refractivity contribution in [2.75, 3.05) is 6.54 Å². The lowest BCUT2D eigenvalue weighted by atomic mass is 9.92. The summed E-state index contributed by atoms with van der Waals surface area (Å²) in [5.41, 5.74) is 3.71. The van der Waals surface area contributed by atoms with E-state index in [-0.39, 0.29) is 31.2 Å². The van der Waals surface area contributed by atoms with Gasteiger partial charge in [-0.25, -0.2) is 0 Å². The average Bonchev–Trinajstić information content (AvgIpc) is 3.18. The number of rotatable bonds is 10. The predicted molar refractivity (Wildman–Crippen MR) is 139 cm³/mol. The summed E-state index contributed by atoms with van der Waals surface area (Å²) >= 11 is 5.98. The molecular weight excluding hydrogens is 476 g/mol. The number of aliphatic hydroxyl groups excluding tert-OH is 2. The van der Waals surface area contributed by atoms with Crippen molar-refractivity contribution in [2.45, 2.75) is 43.9 Å². The highest BCUT2D eigenvalue weighted by Crippen LogP contribution is 2.32. The highest BCUT2D eigenvalue weighted by molar-refractivity contribution is 6.30. The van der Waals surface area contributed by atoms with Crippen LogP contribution in [0.15, 0.2) is 78.9 Å². The number of amides is 2. The molecule has 36 heavy (non-hydrogen) atoms. The van der Waals surface area contributed by atoms with Crippen molar-refractivity contribution < 1.29 is 19.8 Å². The van der Waals surface area contributed by atoms with Crippen LogP contribution in [0.3, 0.4) is 0 Å². The molecule has 6 nitrogen and oxygen atoms in total. The normalized spacial score (nSPS) is 18.2. The molecule has 4 unspecified atom stereocenters. The molecule has 0 radical (unpaired) electrons. The zero-order chi connectivity index (χ0) is 25.5. The molecule has 0 bridgehead atoms. The lowest BCUT2D eigenvalue weighted by molar-refractivity contribution is -0.127. The molecule has 1 aliphatic carbocycles. The Morgan fingerprint density at radius 1 is 0.972 bits per heavy atom. The van der Waals surface area contributed by atoms with Crippen LogP contribution in [0, 0.1) is 5.92 Å². The van der Waals surface area contributed by atoms with Crippen LogP contribution in [0.25, 0.3) is 0 Å². The summed E-state index contributed by atoms with van der Waals surface area (Å²) in [7, 11) is 0. The van der Waals surface area contributed by atoms with E-state index in [4.69, 9.17) is 11.6 Å². The maximum Gasteiger partial charge on any atom is 0.224 e. The third-order valence-corrected chi connectivity index (χ3v) is 6.78. The third kappa shape index (κ3) is 6.94. The van der Waals surface area contributed by atoms with Crippen molar-refractivity contribution in [1.82, 2.24) is 10.6 Å². The summed E-state index contributed by atoms with van der Waals surface area (Å²) in [6.07, 6.45) is -0.354. The van der Waals surface area contributed by atoms with Gasteiger partial charge in [-0.2, -0.15) is 0 Å². The highest BCUT2D eigenvalue weighted by Gasteiger charge is 2.34. The molecule has 188 valence electrons. The van der Waals surface area contributed by atoms with E-state index in [1.807, 2.05) is 60.7 Å². The number of carbonyl (C=O) groups excluding carboxylic acids is 2. The SMILES string of the molecule is O=C(Cc1cccc(Cl)c1)NCC(O)CC(Cc1ccccc1)C(=O)NC1c2ccccc2CC1O. The molecule has 0 saturated carbocycles. The topological polar surface area (TPSA) is 98.7 Å². The van der Waals surface area contributed by atoms with Gasteiger partial charge >= 0.3 is 0 Å². The molecule has 3 aromatic carbocycles. The van der Waals surface area contributed by atoms with Crippen LogP contribution in [0.5, 0.6) is 0 Å². The number of hydrogen-bond donors (Lipinski definition) is 4. The molecular formula is C29H31ClN2O4. The summed E-state index contributed by atoms with van der Waals surface area (Å²) in [6, 6.07) is 23.9. The smallest absolute Gasteiger partial charge is 0.224 e. The molecule has 7 heteroatoms. The Balaban J connectivity index is 1.38. The quantitative estimate of drug-likeness (QED) is 0.339. The number of nitrogens with one attached hydrogen (secondary N) is 2. The second kappa shape index (κ2) is 12.2.